The molecule has 1 amide bonds. The van der Waals surface area contributed by atoms with Crippen LogP contribution in [0.25, 0.3) is 0 Å². The summed E-state index contributed by atoms with van der Waals surface area (Å²) >= 11 is 7.87. The van der Waals surface area contributed by atoms with Gasteiger partial charge in [-0.05, 0) is 47.0 Å². The van der Waals surface area contributed by atoms with Crippen molar-refractivity contribution in [3.63, 3.8) is 0 Å². The normalized spacial score (nSPS) is 9.94. The number of nitrogens with two attached hydrogens (primary N) is 1. The van der Waals surface area contributed by atoms with Crippen molar-refractivity contribution in [1.29, 1.82) is 0 Å². The molecule has 92 valence electrons. The number of carbonyl (C=O) groups is 1. The van der Waals surface area contributed by atoms with E-state index in [2.05, 4.69) is 21.2 Å². The van der Waals surface area contributed by atoms with E-state index in [1.54, 1.807) is 12.1 Å². The smallest absolute Gasteiger partial charge is 0.251 e. The third-order valence-electron chi connectivity index (χ3n) is 2.09. The van der Waals surface area contributed by atoms with E-state index in [1.165, 1.54) is 6.07 Å². The van der Waals surface area contributed by atoms with Gasteiger partial charge in [-0.1, -0.05) is 12.2 Å². The van der Waals surface area contributed by atoms with Crippen molar-refractivity contribution < 1.29 is 9.90 Å². The number of hydrogen-bond donors (Lipinski definition) is 3. The first-order valence-electron chi connectivity index (χ1n) is 5.05. The molecule has 0 saturated carbocycles. The van der Waals surface area contributed by atoms with E-state index >= 15 is 0 Å². The van der Waals surface area contributed by atoms with Crippen molar-refractivity contribution in [3.05, 3.63) is 28.2 Å². The van der Waals surface area contributed by atoms with Crippen LogP contribution in [0.5, 0.6) is 5.75 Å². The number of nitrogens with one attached hydrogen (secondary N) is 1. The lowest BCUT2D eigenvalue weighted by Crippen LogP contribution is -2.25. The number of thiocarbonyl (C=S) groups is 1. The zero-order valence-electron chi connectivity index (χ0n) is 9.07. The van der Waals surface area contributed by atoms with Crippen molar-refractivity contribution in [3.8, 4) is 5.75 Å². The molecule has 6 heteroatoms. The molecule has 4 nitrogen and oxygen atoms in total. The van der Waals surface area contributed by atoms with Crippen LogP contribution in [-0.2, 0) is 0 Å². The summed E-state index contributed by atoms with van der Waals surface area (Å²) in [5, 5.41) is 12.2. The highest BCUT2D eigenvalue weighted by Crippen LogP contribution is 2.24. The monoisotopic (exact) mass is 316 g/mol. The van der Waals surface area contributed by atoms with Gasteiger partial charge in [0.25, 0.3) is 5.91 Å². The number of carbonyl (C=O) groups excluding carboxylic acids is 1. The van der Waals surface area contributed by atoms with Gasteiger partial charge in [0.1, 0.15) is 5.75 Å². The van der Waals surface area contributed by atoms with Gasteiger partial charge in [-0.25, -0.2) is 0 Å². The summed E-state index contributed by atoms with van der Waals surface area (Å²) in [6.45, 7) is 0.507. The molecular weight excluding hydrogens is 304 g/mol. The zero-order valence-corrected chi connectivity index (χ0v) is 11.5. The van der Waals surface area contributed by atoms with Gasteiger partial charge < -0.3 is 16.2 Å². The van der Waals surface area contributed by atoms with Crippen LogP contribution >= 0.6 is 28.1 Å². The molecule has 0 radical (unpaired) electrons. The number of aromatic hydroxyl groups is 1. The molecule has 0 fully saturated rings. The van der Waals surface area contributed by atoms with E-state index in [0.29, 0.717) is 34.4 Å². The largest absolute Gasteiger partial charge is 0.507 e. The predicted octanol–water partition coefficient (Wildman–Crippen LogP) is 1.95. The van der Waals surface area contributed by atoms with Gasteiger partial charge in [0.15, 0.2) is 0 Å². The maximum atomic E-state index is 11.7. The molecule has 1 aromatic carbocycles. The number of halogens is 1. The Morgan fingerprint density at radius 3 is 2.82 bits per heavy atom. The molecule has 4 N–H and O–H groups in total. The Bertz CT molecular complexity index is 437. The minimum absolute atomic E-state index is 0.0424. The van der Waals surface area contributed by atoms with Crippen molar-refractivity contribution in [2.75, 3.05) is 6.54 Å². The lowest BCUT2D eigenvalue weighted by molar-refractivity contribution is 0.0953. The fraction of sp³-hybridized carbons (Fsp3) is 0.273. The summed E-state index contributed by atoms with van der Waals surface area (Å²) in [7, 11) is 0. The molecule has 0 aliphatic rings. The first-order chi connectivity index (χ1) is 8.00. The van der Waals surface area contributed by atoms with Gasteiger partial charge in [0.2, 0.25) is 0 Å². The lowest BCUT2D eigenvalue weighted by Gasteiger charge is -2.05. The fourth-order valence-electron chi connectivity index (χ4n) is 1.22. The Morgan fingerprint density at radius 2 is 2.24 bits per heavy atom. The number of benzene rings is 1. The average Bonchev–Trinajstić information content (AvgIpc) is 2.27. The molecule has 0 heterocycles. The highest BCUT2D eigenvalue weighted by molar-refractivity contribution is 9.10. The van der Waals surface area contributed by atoms with Crippen molar-refractivity contribution in [2.45, 2.75) is 12.8 Å². The predicted molar refractivity (Wildman–Crippen MR) is 74.2 cm³/mol. The Balaban J connectivity index is 2.47. The molecule has 1 rings (SSSR count). The van der Waals surface area contributed by atoms with Crippen LogP contribution in [0, 0.1) is 0 Å². The molecule has 1 aromatic rings. The van der Waals surface area contributed by atoms with Crippen molar-refractivity contribution >= 4 is 39.0 Å². The zero-order chi connectivity index (χ0) is 12.8. The van der Waals surface area contributed by atoms with E-state index in [-0.39, 0.29) is 11.7 Å². The SMILES string of the molecule is NC(=S)CCCNC(=O)c1ccc(Br)c(O)c1. The van der Waals surface area contributed by atoms with E-state index in [0.717, 1.165) is 0 Å². The van der Waals surface area contributed by atoms with Crippen molar-refractivity contribution in [2.24, 2.45) is 5.73 Å². The average molecular weight is 317 g/mol. The second-order valence-corrected chi connectivity index (χ2v) is 4.87. The van der Waals surface area contributed by atoms with Crippen LogP contribution in [0.2, 0.25) is 0 Å². The topological polar surface area (TPSA) is 75.3 Å². The van der Waals surface area contributed by atoms with E-state index in [4.69, 9.17) is 18.0 Å². The minimum atomic E-state index is -0.226. The molecule has 0 unspecified atom stereocenters. The number of rotatable bonds is 5. The minimum Gasteiger partial charge on any atom is -0.507 e. The van der Waals surface area contributed by atoms with Crippen LogP contribution < -0.4 is 11.1 Å². The highest BCUT2D eigenvalue weighted by atomic mass is 79.9. The first-order valence-corrected chi connectivity index (χ1v) is 6.26. The third-order valence-corrected chi connectivity index (χ3v) is 2.97. The Morgan fingerprint density at radius 1 is 1.53 bits per heavy atom. The standard InChI is InChI=1S/C11H13BrN2O2S/c12-8-4-3-7(6-9(8)15)11(16)14-5-1-2-10(13)17/h3-4,6,15H,1-2,5H2,(H2,13,17)(H,14,16). The quantitative estimate of drug-likeness (QED) is 0.573. The van der Waals surface area contributed by atoms with Gasteiger partial charge in [-0.15, -0.1) is 0 Å². The van der Waals surface area contributed by atoms with Crippen LogP contribution in [0.4, 0.5) is 0 Å². The maximum Gasteiger partial charge on any atom is 0.251 e. The van der Waals surface area contributed by atoms with Gasteiger partial charge >= 0.3 is 0 Å². The molecule has 0 saturated heterocycles. The summed E-state index contributed by atoms with van der Waals surface area (Å²) in [4.78, 5) is 12.1. The molecule has 0 atom stereocenters. The van der Waals surface area contributed by atoms with Crippen LogP contribution in [0.1, 0.15) is 23.2 Å². The third kappa shape index (κ3) is 4.70. The molecule has 0 aromatic heterocycles. The van der Waals surface area contributed by atoms with Crippen LogP contribution in [-0.4, -0.2) is 22.5 Å². The number of phenolic OH excluding ortho intramolecular Hbond substituents is 1. The number of hydrogen-bond acceptors (Lipinski definition) is 3. The highest BCUT2D eigenvalue weighted by Gasteiger charge is 2.07. The maximum absolute atomic E-state index is 11.7. The van der Waals surface area contributed by atoms with Gasteiger partial charge in [-0.2, -0.15) is 0 Å². The molecular formula is C11H13BrN2O2S. The number of phenols is 1. The summed E-state index contributed by atoms with van der Waals surface area (Å²) in [6, 6.07) is 4.67. The molecule has 0 spiro atoms. The molecule has 0 bridgehead atoms. The Kier molecular flexibility index (Phi) is 5.37. The van der Waals surface area contributed by atoms with E-state index in [1.807, 2.05) is 0 Å². The van der Waals surface area contributed by atoms with E-state index < -0.39 is 0 Å². The molecule has 0 aliphatic carbocycles. The Labute approximate surface area is 113 Å². The van der Waals surface area contributed by atoms with Crippen molar-refractivity contribution in [1.82, 2.24) is 5.32 Å². The molecule has 17 heavy (non-hydrogen) atoms. The second kappa shape index (κ2) is 6.56. The summed E-state index contributed by atoms with van der Waals surface area (Å²) < 4.78 is 0.558. The van der Waals surface area contributed by atoms with Gasteiger partial charge in [0, 0.05) is 12.1 Å². The lowest BCUT2D eigenvalue weighted by atomic mass is 10.2. The molecule has 0 aliphatic heterocycles. The van der Waals surface area contributed by atoms with Gasteiger partial charge in [0.05, 0.1) is 9.46 Å². The second-order valence-electron chi connectivity index (χ2n) is 3.49. The number of amides is 1. The van der Waals surface area contributed by atoms with E-state index in [9.17, 15) is 9.90 Å². The van der Waals surface area contributed by atoms with Crippen LogP contribution in [0.3, 0.4) is 0 Å². The fourth-order valence-corrected chi connectivity index (χ4v) is 1.61. The van der Waals surface area contributed by atoms with Crippen LogP contribution in [0.15, 0.2) is 22.7 Å². The summed E-state index contributed by atoms with van der Waals surface area (Å²) in [6.07, 6.45) is 1.32. The summed E-state index contributed by atoms with van der Waals surface area (Å²) in [5.74, 6) is -0.184. The first kappa shape index (κ1) is 13.9. The Hall–Kier alpha value is -1.14. The summed E-state index contributed by atoms with van der Waals surface area (Å²) in [5.41, 5.74) is 5.76. The van der Waals surface area contributed by atoms with Gasteiger partial charge in [-0.3, -0.25) is 4.79 Å².